The van der Waals surface area contributed by atoms with Gasteiger partial charge in [-0.3, -0.25) is 9.59 Å². The van der Waals surface area contributed by atoms with Gasteiger partial charge in [0.1, 0.15) is 6.04 Å². The van der Waals surface area contributed by atoms with E-state index in [1.54, 1.807) is 0 Å². The molecular formula is C21H33N3O2. The minimum atomic E-state index is -0.485. The van der Waals surface area contributed by atoms with Crippen LogP contribution in [0.4, 0.5) is 0 Å². The number of nitrogens with zero attached hydrogens (tertiary/aromatic N) is 1. The van der Waals surface area contributed by atoms with Crippen molar-refractivity contribution >= 4 is 11.8 Å². The number of carbonyl (C=O) groups excluding carboxylic acids is 2. The predicted molar refractivity (Wildman–Crippen MR) is 105 cm³/mol. The fourth-order valence-electron chi connectivity index (χ4n) is 3.35. The normalized spacial score (nSPS) is 16.3. The summed E-state index contributed by atoms with van der Waals surface area (Å²) in [5.41, 5.74) is 0.953. The number of benzene rings is 1. The van der Waals surface area contributed by atoms with Gasteiger partial charge in [-0.05, 0) is 50.4 Å². The highest BCUT2D eigenvalue weighted by Gasteiger charge is 2.23. The molecule has 0 radical (unpaired) electrons. The summed E-state index contributed by atoms with van der Waals surface area (Å²) >= 11 is 0. The van der Waals surface area contributed by atoms with Crippen LogP contribution in [-0.2, 0) is 16.0 Å². The Morgan fingerprint density at radius 1 is 1.08 bits per heavy atom. The molecule has 0 aromatic heterocycles. The summed E-state index contributed by atoms with van der Waals surface area (Å²) in [6.45, 7) is 7.97. The van der Waals surface area contributed by atoms with Crippen molar-refractivity contribution in [1.82, 2.24) is 15.5 Å². The van der Waals surface area contributed by atoms with E-state index in [1.807, 2.05) is 44.2 Å². The number of piperidine rings is 1. The van der Waals surface area contributed by atoms with Crippen molar-refractivity contribution in [3.8, 4) is 0 Å². The summed E-state index contributed by atoms with van der Waals surface area (Å²) in [6, 6.07) is 9.11. The van der Waals surface area contributed by atoms with Gasteiger partial charge in [0.2, 0.25) is 11.8 Å². The lowest BCUT2D eigenvalue weighted by molar-refractivity contribution is -0.129. The topological polar surface area (TPSA) is 61.4 Å². The Kier molecular flexibility index (Phi) is 8.62. The molecule has 2 rings (SSSR count). The highest BCUT2D eigenvalue weighted by molar-refractivity contribution is 5.88. The van der Waals surface area contributed by atoms with Gasteiger partial charge in [-0.25, -0.2) is 0 Å². The fourth-order valence-corrected chi connectivity index (χ4v) is 3.35. The van der Waals surface area contributed by atoms with Crippen LogP contribution in [0.2, 0.25) is 0 Å². The molecule has 1 unspecified atom stereocenters. The third-order valence-corrected chi connectivity index (χ3v) is 4.87. The second-order valence-electron chi connectivity index (χ2n) is 7.50. The Bertz CT molecular complexity index is 554. The van der Waals surface area contributed by atoms with Gasteiger partial charge in [-0.15, -0.1) is 0 Å². The molecule has 1 heterocycles. The van der Waals surface area contributed by atoms with E-state index in [2.05, 4.69) is 15.5 Å². The summed E-state index contributed by atoms with van der Waals surface area (Å²) < 4.78 is 0. The molecule has 0 saturated carbocycles. The van der Waals surface area contributed by atoms with Crippen LogP contribution in [-0.4, -0.2) is 48.9 Å². The monoisotopic (exact) mass is 359 g/mol. The van der Waals surface area contributed by atoms with Crippen molar-refractivity contribution in [2.24, 2.45) is 5.92 Å². The van der Waals surface area contributed by atoms with Gasteiger partial charge >= 0.3 is 0 Å². The fraction of sp³-hybridized carbons (Fsp3) is 0.619. The van der Waals surface area contributed by atoms with Crippen LogP contribution in [0.1, 0.15) is 45.1 Å². The Morgan fingerprint density at radius 2 is 1.77 bits per heavy atom. The van der Waals surface area contributed by atoms with Crippen LogP contribution in [0.3, 0.4) is 0 Å². The molecule has 1 fully saturated rings. The van der Waals surface area contributed by atoms with Gasteiger partial charge < -0.3 is 15.5 Å². The van der Waals surface area contributed by atoms with E-state index in [9.17, 15) is 9.59 Å². The quantitative estimate of drug-likeness (QED) is 0.666. The van der Waals surface area contributed by atoms with Gasteiger partial charge in [0.15, 0.2) is 0 Å². The number of likely N-dealkylation sites (tertiary alicyclic amines) is 1. The molecule has 0 aliphatic carbocycles. The number of carbonyl (C=O) groups is 2. The number of hydrogen-bond acceptors (Lipinski definition) is 3. The Balaban J connectivity index is 1.72. The van der Waals surface area contributed by atoms with Crippen molar-refractivity contribution in [3.63, 3.8) is 0 Å². The molecule has 144 valence electrons. The second kappa shape index (κ2) is 11.0. The maximum atomic E-state index is 12.5. The summed E-state index contributed by atoms with van der Waals surface area (Å²) in [4.78, 5) is 27.2. The first-order valence-corrected chi connectivity index (χ1v) is 9.89. The van der Waals surface area contributed by atoms with Crippen molar-refractivity contribution in [2.75, 3.05) is 26.2 Å². The lowest BCUT2D eigenvalue weighted by Crippen LogP contribution is -2.50. The van der Waals surface area contributed by atoms with Crippen molar-refractivity contribution in [1.29, 1.82) is 0 Å². The zero-order valence-electron chi connectivity index (χ0n) is 16.2. The van der Waals surface area contributed by atoms with Gasteiger partial charge in [0.25, 0.3) is 0 Å². The van der Waals surface area contributed by atoms with E-state index < -0.39 is 6.04 Å². The van der Waals surface area contributed by atoms with Gasteiger partial charge in [0.05, 0.1) is 6.42 Å². The lowest BCUT2D eigenvalue weighted by atomic mass is 10.0. The first-order chi connectivity index (χ1) is 12.6. The smallest absolute Gasteiger partial charge is 0.242 e. The first kappa shape index (κ1) is 20.4. The Hall–Kier alpha value is -1.88. The number of rotatable bonds is 9. The lowest BCUT2D eigenvalue weighted by Gasteiger charge is -2.26. The van der Waals surface area contributed by atoms with Crippen molar-refractivity contribution in [2.45, 2.75) is 52.0 Å². The molecule has 1 atom stereocenters. The van der Waals surface area contributed by atoms with Crippen LogP contribution >= 0.6 is 0 Å². The first-order valence-electron chi connectivity index (χ1n) is 9.89. The van der Waals surface area contributed by atoms with E-state index >= 15 is 0 Å². The number of hydrogen-bond donors (Lipinski definition) is 2. The van der Waals surface area contributed by atoms with Crippen molar-refractivity contribution in [3.05, 3.63) is 35.9 Å². The molecule has 5 heteroatoms. The molecule has 0 bridgehead atoms. The summed E-state index contributed by atoms with van der Waals surface area (Å²) in [6.07, 6.45) is 5.16. The average Bonchev–Trinajstić information content (AvgIpc) is 2.64. The van der Waals surface area contributed by atoms with Crippen molar-refractivity contribution < 1.29 is 9.59 Å². The minimum absolute atomic E-state index is 0.0526. The molecule has 1 aromatic carbocycles. The largest absolute Gasteiger partial charge is 0.354 e. The van der Waals surface area contributed by atoms with Crippen LogP contribution in [0.5, 0.6) is 0 Å². The molecule has 1 aliphatic heterocycles. The Labute approximate surface area is 157 Å². The van der Waals surface area contributed by atoms with Gasteiger partial charge in [0, 0.05) is 6.54 Å². The molecule has 1 aliphatic rings. The molecule has 2 amide bonds. The summed E-state index contributed by atoms with van der Waals surface area (Å²) in [5, 5.41) is 5.89. The number of amides is 2. The third kappa shape index (κ3) is 7.16. The Morgan fingerprint density at radius 3 is 2.42 bits per heavy atom. The highest BCUT2D eigenvalue weighted by atomic mass is 16.2. The van der Waals surface area contributed by atoms with E-state index in [1.165, 1.54) is 32.4 Å². The second-order valence-corrected chi connectivity index (χ2v) is 7.50. The van der Waals surface area contributed by atoms with Gasteiger partial charge in [-0.1, -0.05) is 50.6 Å². The molecule has 26 heavy (non-hydrogen) atoms. The van der Waals surface area contributed by atoms with E-state index in [0.717, 1.165) is 18.5 Å². The maximum absolute atomic E-state index is 12.5. The molecular weight excluding hydrogens is 326 g/mol. The van der Waals surface area contributed by atoms with E-state index in [4.69, 9.17) is 0 Å². The molecule has 2 N–H and O–H groups in total. The van der Waals surface area contributed by atoms with Gasteiger partial charge in [-0.2, -0.15) is 0 Å². The third-order valence-electron chi connectivity index (χ3n) is 4.87. The zero-order valence-corrected chi connectivity index (χ0v) is 16.2. The van der Waals surface area contributed by atoms with Crippen LogP contribution in [0.25, 0.3) is 0 Å². The standard InChI is InChI=1S/C21H33N3O2/c1-17(2)20(23-19(25)16-18-10-5-3-6-11-18)21(26)22-12-9-15-24-13-7-4-8-14-24/h3,5-6,10-11,17,20H,4,7-9,12-16H2,1-2H3,(H,22,26)(H,23,25). The summed E-state index contributed by atoms with van der Waals surface area (Å²) in [5.74, 6) is -0.143. The maximum Gasteiger partial charge on any atom is 0.242 e. The van der Waals surface area contributed by atoms with Crippen LogP contribution in [0, 0.1) is 5.92 Å². The molecule has 0 spiro atoms. The highest BCUT2D eigenvalue weighted by Crippen LogP contribution is 2.08. The minimum Gasteiger partial charge on any atom is -0.354 e. The molecule has 5 nitrogen and oxygen atoms in total. The zero-order chi connectivity index (χ0) is 18.8. The molecule has 1 saturated heterocycles. The van der Waals surface area contributed by atoms with E-state index in [0.29, 0.717) is 13.0 Å². The van der Waals surface area contributed by atoms with E-state index in [-0.39, 0.29) is 17.7 Å². The number of nitrogens with one attached hydrogen (secondary N) is 2. The summed E-state index contributed by atoms with van der Waals surface area (Å²) in [7, 11) is 0. The average molecular weight is 360 g/mol. The van der Waals surface area contributed by atoms with Crippen LogP contribution < -0.4 is 10.6 Å². The predicted octanol–water partition coefficient (Wildman–Crippen LogP) is 2.36. The molecule has 1 aromatic rings. The van der Waals surface area contributed by atoms with Crippen LogP contribution in [0.15, 0.2) is 30.3 Å². The SMILES string of the molecule is CC(C)C(NC(=O)Cc1ccccc1)C(=O)NCCCN1CCCCC1.